The highest BCUT2D eigenvalue weighted by molar-refractivity contribution is 6.07. The average Bonchev–Trinajstić information content (AvgIpc) is 2.93. The largest absolute Gasteiger partial charge is 0.389 e. The molecule has 1 aromatic carbocycles. The second-order valence-electron chi connectivity index (χ2n) is 9.20. The minimum atomic E-state index is -0.904. The Bertz CT molecular complexity index is 711. The number of hydrogen-bond acceptors (Lipinski definition) is 4. The number of rotatable bonds is 8. The third-order valence-electron chi connectivity index (χ3n) is 6.92. The van der Waals surface area contributed by atoms with Crippen LogP contribution in [0.3, 0.4) is 0 Å². The molecule has 1 aromatic rings. The SMILES string of the molecule is CCC(C)(C)C1CCC2(CC1)NC(=O)N(CC(O)COCc1ccccc1)C2=O. The summed E-state index contributed by atoms with van der Waals surface area (Å²) in [5, 5.41) is 13.2. The Kier molecular flexibility index (Phi) is 6.64. The van der Waals surface area contributed by atoms with Crippen molar-refractivity contribution in [2.24, 2.45) is 11.3 Å². The summed E-state index contributed by atoms with van der Waals surface area (Å²) in [5.41, 5.74) is 0.474. The van der Waals surface area contributed by atoms with E-state index in [4.69, 9.17) is 4.74 Å². The van der Waals surface area contributed by atoms with Gasteiger partial charge >= 0.3 is 6.03 Å². The lowest BCUT2D eigenvalue weighted by Gasteiger charge is -2.42. The van der Waals surface area contributed by atoms with Crippen LogP contribution in [-0.4, -0.2) is 46.7 Å². The molecule has 6 nitrogen and oxygen atoms in total. The number of aliphatic hydroxyl groups excluding tert-OH is 1. The number of ether oxygens (including phenoxy) is 1. The molecular formula is C23H34N2O4. The predicted octanol–water partition coefficient (Wildman–Crippen LogP) is 3.48. The maximum Gasteiger partial charge on any atom is 0.325 e. The van der Waals surface area contributed by atoms with E-state index in [2.05, 4.69) is 26.1 Å². The zero-order valence-electron chi connectivity index (χ0n) is 17.8. The summed E-state index contributed by atoms with van der Waals surface area (Å²) in [6.45, 7) is 7.19. The van der Waals surface area contributed by atoms with Crippen molar-refractivity contribution in [1.82, 2.24) is 10.2 Å². The molecule has 1 heterocycles. The van der Waals surface area contributed by atoms with Gasteiger partial charge in [-0.3, -0.25) is 9.69 Å². The van der Waals surface area contributed by atoms with Gasteiger partial charge in [-0.2, -0.15) is 0 Å². The van der Waals surface area contributed by atoms with E-state index in [9.17, 15) is 14.7 Å². The molecule has 1 atom stereocenters. The second kappa shape index (κ2) is 8.84. The molecule has 0 radical (unpaired) electrons. The van der Waals surface area contributed by atoms with Crippen LogP contribution in [0.5, 0.6) is 0 Å². The van der Waals surface area contributed by atoms with Crippen molar-refractivity contribution >= 4 is 11.9 Å². The van der Waals surface area contributed by atoms with Crippen molar-refractivity contribution in [3.63, 3.8) is 0 Å². The van der Waals surface area contributed by atoms with Gasteiger partial charge in [-0.05, 0) is 42.6 Å². The summed E-state index contributed by atoms with van der Waals surface area (Å²) in [5.74, 6) is 0.367. The van der Waals surface area contributed by atoms with E-state index >= 15 is 0 Å². The van der Waals surface area contributed by atoms with Crippen LogP contribution in [0.1, 0.15) is 58.4 Å². The first-order chi connectivity index (χ1) is 13.8. The fourth-order valence-electron chi connectivity index (χ4n) is 4.51. The number of aliphatic hydroxyl groups is 1. The van der Waals surface area contributed by atoms with Gasteiger partial charge in [0.1, 0.15) is 5.54 Å². The molecule has 3 amide bonds. The van der Waals surface area contributed by atoms with E-state index in [-0.39, 0.29) is 24.5 Å². The number of carbonyl (C=O) groups is 2. The summed E-state index contributed by atoms with van der Waals surface area (Å²) < 4.78 is 5.54. The van der Waals surface area contributed by atoms with Crippen LogP contribution in [0.2, 0.25) is 0 Å². The van der Waals surface area contributed by atoms with Gasteiger partial charge in [0.2, 0.25) is 0 Å². The van der Waals surface area contributed by atoms with Crippen molar-refractivity contribution in [3.05, 3.63) is 35.9 Å². The average molecular weight is 403 g/mol. The van der Waals surface area contributed by atoms with Gasteiger partial charge in [-0.15, -0.1) is 0 Å². The summed E-state index contributed by atoms with van der Waals surface area (Å²) in [7, 11) is 0. The fourth-order valence-corrected chi connectivity index (χ4v) is 4.51. The number of carbonyl (C=O) groups excluding carboxylic acids is 2. The lowest BCUT2D eigenvalue weighted by Crippen LogP contribution is -2.51. The van der Waals surface area contributed by atoms with Crippen molar-refractivity contribution in [1.29, 1.82) is 0 Å². The molecule has 1 unspecified atom stereocenters. The van der Waals surface area contributed by atoms with Gasteiger partial charge in [0.15, 0.2) is 0 Å². The third-order valence-corrected chi connectivity index (χ3v) is 6.92. The monoisotopic (exact) mass is 402 g/mol. The van der Waals surface area contributed by atoms with Gasteiger partial charge < -0.3 is 15.2 Å². The Hall–Kier alpha value is -1.92. The molecule has 1 spiro atoms. The standard InChI is InChI=1S/C23H34N2O4/c1-4-22(2,3)18-10-12-23(13-11-18)20(27)25(21(28)24-23)14-19(26)16-29-15-17-8-6-5-7-9-17/h5-9,18-19,26H,4,10-16H2,1-3H3,(H,24,28). The Morgan fingerprint density at radius 3 is 2.52 bits per heavy atom. The summed E-state index contributed by atoms with van der Waals surface area (Å²) in [6.07, 6.45) is 3.41. The lowest BCUT2D eigenvalue weighted by molar-refractivity contribution is -0.134. The minimum Gasteiger partial charge on any atom is -0.389 e. The normalized spacial score (nSPS) is 26.1. The topological polar surface area (TPSA) is 78.9 Å². The van der Waals surface area contributed by atoms with Crippen LogP contribution < -0.4 is 5.32 Å². The summed E-state index contributed by atoms with van der Waals surface area (Å²) >= 11 is 0. The van der Waals surface area contributed by atoms with Crippen molar-refractivity contribution in [3.8, 4) is 0 Å². The van der Waals surface area contributed by atoms with Gasteiger partial charge in [0.25, 0.3) is 5.91 Å². The zero-order chi connectivity index (χ0) is 21.1. The molecule has 1 aliphatic carbocycles. The number of nitrogens with one attached hydrogen (secondary N) is 1. The maximum atomic E-state index is 13.0. The molecule has 0 aromatic heterocycles. The third kappa shape index (κ3) is 4.81. The Morgan fingerprint density at radius 2 is 1.90 bits per heavy atom. The highest BCUT2D eigenvalue weighted by atomic mass is 16.5. The predicted molar refractivity (Wildman–Crippen MR) is 111 cm³/mol. The van der Waals surface area contributed by atoms with E-state index in [1.54, 1.807) is 0 Å². The van der Waals surface area contributed by atoms with Gasteiger partial charge in [0, 0.05) is 0 Å². The first kappa shape index (κ1) is 21.8. The lowest BCUT2D eigenvalue weighted by atomic mass is 9.65. The van der Waals surface area contributed by atoms with Crippen molar-refractivity contribution in [2.75, 3.05) is 13.2 Å². The molecule has 2 N–H and O–H groups in total. The highest BCUT2D eigenvalue weighted by Gasteiger charge is 2.53. The van der Waals surface area contributed by atoms with E-state index < -0.39 is 17.7 Å². The van der Waals surface area contributed by atoms with E-state index in [1.807, 2.05) is 30.3 Å². The Balaban J connectivity index is 1.51. The molecule has 6 heteroatoms. The van der Waals surface area contributed by atoms with E-state index in [0.29, 0.717) is 25.4 Å². The van der Waals surface area contributed by atoms with E-state index in [1.165, 1.54) is 4.90 Å². The number of hydrogen-bond donors (Lipinski definition) is 2. The van der Waals surface area contributed by atoms with Gasteiger partial charge in [-0.25, -0.2) is 4.79 Å². The van der Waals surface area contributed by atoms with Crippen LogP contribution in [0.4, 0.5) is 4.79 Å². The number of amides is 3. The smallest absolute Gasteiger partial charge is 0.325 e. The van der Waals surface area contributed by atoms with Gasteiger partial charge in [0.05, 0.1) is 25.9 Å². The summed E-state index contributed by atoms with van der Waals surface area (Å²) in [4.78, 5) is 26.7. The molecule has 1 saturated heterocycles. The molecule has 1 saturated carbocycles. The van der Waals surface area contributed by atoms with Gasteiger partial charge in [-0.1, -0.05) is 57.5 Å². The zero-order valence-corrected chi connectivity index (χ0v) is 17.8. The number of imide groups is 1. The number of urea groups is 1. The molecule has 0 bridgehead atoms. The first-order valence-electron chi connectivity index (χ1n) is 10.7. The van der Waals surface area contributed by atoms with Crippen LogP contribution in [0, 0.1) is 11.3 Å². The number of nitrogens with zero attached hydrogens (tertiary/aromatic N) is 1. The number of benzene rings is 1. The molecule has 160 valence electrons. The highest BCUT2D eigenvalue weighted by Crippen LogP contribution is 2.45. The summed E-state index contributed by atoms with van der Waals surface area (Å²) in [6, 6.07) is 9.29. The molecule has 29 heavy (non-hydrogen) atoms. The molecule has 2 aliphatic rings. The number of β-amino-alcohol motifs (C(OH)–C–C–N with tert-alkyl or cyclic N) is 1. The molecular weight excluding hydrogens is 368 g/mol. The molecule has 2 fully saturated rings. The minimum absolute atomic E-state index is 0.0366. The Labute approximate surface area is 173 Å². The van der Waals surface area contributed by atoms with Crippen molar-refractivity contribution < 1.29 is 19.4 Å². The van der Waals surface area contributed by atoms with Crippen LogP contribution >= 0.6 is 0 Å². The Morgan fingerprint density at radius 1 is 1.24 bits per heavy atom. The first-order valence-corrected chi connectivity index (χ1v) is 10.7. The van der Waals surface area contributed by atoms with Crippen LogP contribution in [-0.2, 0) is 16.1 Å². The van der Waals surface area contributed by atoms with Crippen molar-refractivity contribution in [2.45, 2.75) is 71.1 Å². The fraction of sp³-hybridized carbons (Fsp3) is 0.652. The van der Waals surface area contributed by atoms with E-state index in [0.717, 1.165) is 24.8 Å². The quantitative estimate of drug-likeness (QED) is 0.653. The maximum absolute atomic E-state index is 13.0. The van der Waals surface area contributed by atoms with Crippen LogP contribution in [0.25, 0.3) is 0 Å². The molecule has 3 rings (SSSR count). The van der Waals surface area contributed by atoms with Crippen LogP contribution in [0.15, 0.2) is 30.3 Å². The molecule has 1 aliphatic heterocycles. The second-order valence-corrected chi connectivity index (χ2v) is 9.20.